The van der Waals surface area contributed by atoms with Crippen LogP contribution in [0.4, 0.5) is 4.79 Å². The Bertz CT molecular complexity index is 1060. The number of nitrogens with one attached hydrogen (secondary N) is 3. The van der Waals surface area contributed by atoms with Crippen LogP contribution in [0.1, 0.15) is 47.0 Å². The van der Waals surface area contributed by atoms with Crippen molar-refractivity contribution in [2.24, 2.45) is 5.92 Å². The second-order valence-corrected chi connectivity index (χ2v) is 12.4. The maximum absolute atomic E-state index is 12.8. The van der Waals surface area contributed by atoms with Crippen molar-refractivity contribution in [3.05, 3.63) is 11.6 Å². The molecule has 0 bridgehead atoms. The van der Waals surface area contributed by atoms with Gasteiger partial charge in [0.15, 0.2) is 5.78 Å². The number of amides is 4. The van der Waals surface area contributed by atoms with Gasteiger partial charge in [-0.15, -0.1) is 11.8 Å². The Morgan fingerprint density at radius 3 is 2.40 bits per heavy atom. The molecule has 2 aliphatic heterocycles. The average molecular weight is 614 g/mol. The van der Waals surface area contributed by atoms with Gasteiger partial charge in [0.05, 0.1) is 43.3 Å². The van der Waals surface area contributed by atoms with Gasteiger partial charge in [0, 0.05) is 18.8 Å². The number of imide groups is 1. The summed E-state index contributed by atoms with van der Waals surface area (Å²) < 4.78 is 27.7. The number of allylic oxidation sites excluding steroid dienone is 1. The van der Waals surface area contributed by atoms with Crippen molar-refractivity contribution in [2.45, 2.75) is 82.5 Å². The lowest BCUT2D eigenvalue weighted by atomic mass is 9.67. The number of carbonyl (C=O) groups is 5. The Hall–Kier alpha value is -2.52. The Kier molecular flexibility index (Phi) is 12.0. The Morgan fingerprint density at radius 2 is 1.81 bits per heavy atom. The summed E-state index contributed by atoms with van der Waals surface area (Å²) in [4.78, 5) is 60.3. The quantitative estimate of drug-likeness (QED) is 0.136. The van der Waals surface area contributed by atoms with Crippen LogP contribution >= 0.6 is 11.8 Å². The summed E-state index contributed by atoms with van der Waals surface area (Å²) in [6.07, 6.45) is 3.97. The van der Waals surface area contributed by atoms with Crippen molar-refractivity contribution >= 4 is 41.4 Å². The Morgan fingerprint density at radius 1 is 1.10 bits per heavy atom. The van der Waals surface area contributed by atoms with Gasteiger partial charge in [-0.1, -0.05) is 11.6 Å². The summed E-state index contributed by atoms with van der Waals surface area (Å²) in [5.41, 5.74) is 0.441. The van der Waals surface area contributed by atoms with E-state index in [-0.39, 0.29) is 53.7 Å². The molecule has 1 spiro atoms. The first-order valence-corrected chi connectivity index (χ1v) is 15.1. The molecule has 13 nitrogen and oxygen atoms in total. The molecule has 0 aromatic rings. The minimum absolute atomic E-state index is 0.0186. The van der Waals surface area contributed by atoms with Gasteiger partial charge in [0.1, 0.15) is 24.9 Å². The van der Waals surface area contributed by atoms with E-state index in [2.05, 4.69) is 29.0 Å². The number of ether oxygens (including phenoxy) is 5. The van der Waals surface area contributed by atoms with E-state index in [1.807, 2.05) is 13.8 Å². The highest BCUT2D eigenvalue weighted by Crippen LogP contribution is 2.59. The minimum atomic E-state index is -1.04. The van der Waals surface area contributed by atoms with E-state index in [1.54, 1.807) is 7.11 Å². The van der Waals surface area contributed by atoms with Crippen LogP contribution in [0.15, 0.2) is 11.6 Å². The summed E-state index contributed by atoms with van der Waals surface area (Å²) in [5.74, 6) is -2.34. The zero-order valence-electron chi connectivity index (χ0n) is 25.1. The van der Waals surface area contributed by atoms with Crippen molar-refractivity contribution in [1.82, 2.24) is 16.0 Å². The first kappa shape index (κ1) is 34.0. The highest BCUT2D eigenvalue weighted by Gasteiger charge is 2.71. The van der Waals surface area contributed by atoms with Gasteiger partial charge in [-0.2, -0.15) is 0 Å². The van der Waals surface area contributed by atoms with Crippen LogP contribution in [-0.2, 0) is 42.9 Å². The highest BCUT2D eigenvalue weighted by molar-refractivity contribution is 8.00. The van der Waals surface area contributed by atoms with Crippen LogP contribution < -0.4 is 16.0 Å². The van der Waals surface area contributed by atoms with Crippen molar-refractivity contribution in [3.8, 4) is 0 Å². The molecule has 3 fully saturated rings. The smallest absolute Gasteiger partial charge is 0.329 e. The molecule has 1 saturated carbocycles. The van der Waals surface area contributed by atoms with Crippen LogP contribution in [0, 0.1) is 5.92 Å². The number of hydrogen-bond donors (Lipinski definition) is 3. The fourth-order valence-corrected chi connectivity index (χ4v) is 6.44. The van der Waals surface area contributed by atoms with E-state index in [9.17, 15) is 24.0 Å². The summed E-state index contributed by atoms with van der Waals surface area (Å²) >= 11 is 1.04. The Balaban J connectivity index is 1.49. The number of rotatable bonds is 15. The van der Waals surface area contributed by atoms with Crippen molar-refractivity contribution in [3.63, 3.8) is 0 Å². The number of esters is 1. The predicted octanol–water partition coefficient (Wildman–Crippen LogP) is 0.885. The van der Waals surface area contributed by atoms with Crippen LogP contribution in [0.5, 0.6) is 0 Å². The molecular weight excluding hydrogens is 570 g/mol. The molecule has 2 unspecified atom stereocenters. The molecule has 3 rings (SSSR count). The van der Waals surface area contributed by atoms with Gasteiger partial charge in [0.2, 0.25) is 11.8 Å². The third-order valence-corrected chi connectivity index (χ3v) is 8.78. The number of ketones is 1. The fraction of sp³-hybridized carbons (Fsp3) is 0.750. The van der Waals surface area contributed by atoms with Crippen LogP contribution in [0.25, 0.3) is 0 Å². The molecule has 1 aliphatic carbocycles. The maximum atomic E-state index is 12.8. The molecule has 3 N–H and O–H groups in total. The number of hydrogen-bond acceptors (Lipinski definition) is 11. The molecule has 42 heavy (non-hydrogen) atoms. The van der Waals surface area contributed by atoms with E-state index in [0.29, 0.717) is 13.0 Å². The number of Topliss-reactive ketones (excluding diaryl/α,β-unsaturated/α-hetero) is 1. The number of thioether (sulfide) groups is 1. The first-order valence-electron chi connectivity index (χ1n) is 14.0. The average Bonchev–Trinajstić information content (AvgIpc) is 3.83. The van der Waals surface area contributed by atoms with Gasteiger partial charge in [-0.25, -0.2) is 9.59 Å². The summed E-state index contributed by atoms with van der Waals surface area (Å²) in [6.45, 7) is 7.49. The van der Waals surface area contributed by atoms with Crippen LogP contribution in [-0.4, -0.2) is 111 Å². The molecule has 0 aromatic carbocycles. The standard InChI is InChI=1S/C28H43N3O10S/c1-16(2)7-8-20-27(4,41-20)24-23(37-5)18(9-10-28(24)15-40-28)30-26(36)31-22(34)14-42-13-19(25(35)38-6)29-21(33)12-39-11-17(3)32/h7,18-20,23-24H,8-15H2,1-6H3,(H,29,33)(H2,30,31,34,36)/t18-,19?,20-,23-,24-,27?,28+/m1/s1. The minimum Gasteiger partial charge on any atom is -0.467 e. The second kappa shape index (κ2) is 14.8. The molecule has 4 amide bonds. The summed E-state index contributed by atoms with van der Waals surface area (Å²) in [5, 5.41) is 7.67. The van der Waals surface area contributed by atoms with Gasteiger partial charge in [0.25, 0.3) is 0 Å². The van der Waals surface area contributed by atoms with E-state index >= 15 is 0 Å². The summed E-state index contributed by atoms with van der Waals surface area (Å²) in [7, 11) is 2.78. The number of carbonyl (C=O) groups excluding carboxylic acids is 5. The van der Waals surface area contributed by atoms with Gasteiger partial charge in [-0.3, -0.25) is 19.7 Å². The monoisotopic (exact) mass is 613 g/mol. The van der Waals surface area contributed by atoms with Crippen LogP contribution in [0.3, 0.4) is 0 Å². The van der Waals surface area contributed by atoms with E-state index in [0.717, 1.165) is 24.6 Å². The first-order chi connectivity index (χ1) is 19.8. The normalized spacial score (nSPS) is 30.0. The SMILES string of the molecule is COC(=O)C(CSCC(=O)NC(=O)N[C@@H]1CC[C@]2(CO2)[C@@H](C2(C)O[C@@H]2CC=C(C)C)[C@@H]1OC)NC(=O)COCC(C)=O. The van der Waals surface area contributed by atoms with E-state index in [1.165, 1.54) is 19.6 Å². The second-order valence-electron chi connectivity index (χ2n) is 11.4. The summed E-state index contributed by atoms with van der Waals surface area (Å²) in [6, 6.07) is -2.05. The molecule has 0 radical (unpaired) electrons. The molecule has 7 atom stereocenters. The molecule has 2 saturated heterocycles. The lowest BCUT2D eigenvalue weighted by Crippen LogP contribution is -2.60. The molecule has 2 heterocycles. The van der Waals surface area contributed by atoms with E-state index in [4.69, 9.17) is 23.7 Å². The Labute approximate surface area is 250 Å². The number of methoxy groups -OCH3 is 2. The molecule has 0 aromatic heterocycles. The largest absolute Gasteiger partial charge is 0.467 e. The lowest BCUT2D eigenvalue weighted by Gasteiger charge is -2.43. The molecule has 3 aliphatic rings. The number of urea groups is 1. The molecular formula is C28H43N3O10S. The van der Waals surface area contributed by atoms with Crippen molar-refractivity contribution in [1.29, 1.82) is 0 Å². The number of epoxide rings is 2. The molecule has 236 valence electrons. The third kappa shape index (κ3) is 8.99. The zero-order chi connectivity index (χ0) is 31.1. The third-order valence-electron chi connectivity index (χ3n) is 7.74. The maximum Gasteiger partial charge on any atom is 0.329 e. The molecule has 14 heteroatoms. The predicted molar refractivity (Wildman–Crippen MR) is 153 cm³/mol. The highest BCUT2D eigenvalue weighted by atomic mass is 32.2. The fourth-order valence-electron chi connectivity index (χ4n) is 5.61. The van der Waals surface area contributed by atoms with Crippen LogP contribution in [0.2, 0.25) is 0 Å². The topological polar surface area (TPSA) is 174 Å². The van der Waals surface area contributed by atoms with Gasteiger partial charge < -0.3 is 34.3 Å². The van der Waals surface area contributed by atoms with Crippen molar-refractivity contribution in [2.75, 3.05) is 45.5 Å². The zero-order valence-corrected chi connectivity index (χ0v) is 25.9. The van der Waals surface area contributed by atoms with Gasteiger partial charge in [-0.05, 0) is 47.0 Å². The lowest BCUT2D eigenvalue weighted by molar-refractivity contribution is -0.145. The van der Waals surface area contributed by atoms with E-state index < -0.39 is 42.1 Å². The van der Waals surface area contributed by atoms with Gasteiger partial charge >= 0.3 is 12.0 Å². The van der Waals surface area contributed by atoms with Crippen molar-refractivity contribution < 1.29 is 47.7 Å².